The topological polar surface area (TPSA) is 117 Å². The highest BCUT2D eigenvalue weighted by molar-refractivity contribution is 7.99. The molecule has 0 bridgehead atoms. The fourth-order valence-corrected chi connectivity index (χ4v) is 4.74. The Hall–Kier alpha value is -3.77. The summed E-state index contributed by atoms with van der Waals surface area (Å²) in [5, 5.41) is 16.6. The minimum absolute atomic E-state index is 0.410. The van der Waals surface area contributed by atoms with Crippen molar-refractivity contribution in [3.8, 4) is 6.07 Å². The Morgan fingerprint density at radius 2 is 1.97 bits per heavy atom. The van der Waals surface area contributed by atoms with E-state index in [0.29, 0.717) is 11.3 Å². The number of rotatable bonds is 4. The van der Waals surface area contributed by atoms with E-state index in [9.17, 15) is 4.79 Å². The molecule has 1 aromatic carbocycles. The zero-order valence-electron chi connectivity index (χ0n) is 18.6. The van der Waals surface area contributed by atoms with Crippen molar-refractivity contribution in [3.05, 3.63) is 65.7 Å². The quantitative estimate of drug-likeness (QED) is 0.476. The Balaban J connectivity index is 0.000000172. The molecule has 168 valence electrons. The minimum Gasteiger partial charge on any atom is -0.364 e. The number of primary amides is 1. The zero-order chi connectivity index (χ0) is 23.4. The second-order valence-corrected chi connectivity index (χ2v) is 8.95. The average Bonchev–Trinajstić information content (AvgIpc) is 3.57. The van der Waals surface area contributed by atoms with Crippen molar-refractivity contribution in [2.24, 2.45) is 12.8 Å². The number of amides is 1. The van der Waals surface area contributed by atoms with Crippen LogP contribution in [0.3, 0.4) is 0 Å². The van der Waals surface area contributed by atoms with Gasteiger partial charge in [-0.05, 0) is 56.2 Å². The number of nitrogens with two attached hydrogens (primary N) is 1. The van der Waals surface area contributed by atoms with Gasteiger partial charge in [0, 0.05) is 47.2 Å². The predicted octanol–water partition coefficient (Wildman–Crippen LogP) is 4.01. The third kappa shape index (κ3) is 5.02. The molecule has 3 N–H and O–H groups in total. The molecule has 3 aromatic heterocycles. The molecule has 8 nitrogen and oxygen atoms in total. The molecule has 33 heavy (non-hydrogen) atoms. The van der Waals surface area contributed by atoms with E-state index in [4.69, 9.17) is 11.0 Å². The van der Waals surface area contributed by atoms with Gasteiger partial charge >= 0.3 is 0 Å². The lowest BCUT2D eigenvalue weighted by Gasteiger charge is -2.15. The summed E-state index contributed by atoms with van der Waals surface area (Å²) in [6.07, 6.45) is 5.93. The number of hydrogen-bond donors (Lipinski definition) is 2. The lowest BCUT2D eigenvalue weighted by atomic mass is 10.3. The van der Waals surface area contributed by atoms with E-state index < -0.39 is 5.91 Å². The van der Waals surface area contributed by atoms with Crippen molar-refractivity contribution in [2.45, 2.75) is 29.6 Å². The summed E-state index contributed by atoms with van der Waals surface area (Å²) < 4.78 is 1.82. The van der Waals surface area contributed by atoms with E-state index in [2.05, 4.69) is 32.2 Å². The van der Waals surface area contributed by atoms with Gasteiger partial charge in [-0.15, -0.1) is 0 Å². The van der Waals surface area contributed by atoms with Crippen LogP contribution in [0.4, 0.5) is 5.82 Å². The van der Waals surface area contributed by atoms with Crippen LogP contribution < -0.4 is 10.6 Å². The second kappa shape index (κ2) is 9.79. The van der Waals surface area contributed by atoms with Crippen molar-refractivity contribution >= 4 is 34.4 Å². The minimum atomic E-state index is -0.410. The Kier molecular flexibility index (Phi) is 6.66. The standard InChI is InChI=1S/C14H14N4OS.C10H11N3/c1-8-13(6-12(14(15)19)18(8)2)20-10-3-4-11-9(5-10)7-16-17-11;11-7-9-3-4-10(12-8-9)13-5-1-2-6-13/h3-7H,1-2H3,(H2,15,19)(H,16,17);3-4,8H,1-2,5-6H2. The molecule has 1 amide bonds. The predicted molar refractivity (Wildman–Crippen MR) is 129 cm³/mol. The van der Waals surface area contributed by atoms with Crippen LogP contribution in [0.2, 0.25) is 0 Å². The smallest absolute Gasteiger partial charge is 0.265 e. The summed E-state index contributed by atoms with van der Waals surface area (Å²) in [5.74, 6) is 0.587. The number of benzene rings is 1. The fraction of sp³-hybridized carbons (Fsp3) is 0.250. The number of H-pyrrole nitrogens is 1. The highest BCUT2D eigenvalue weighted by Gasteiger charge is 2.14. The summed E-state index contributed by atoms with van der Waals surface area (Å²) in [6, 6.07) is 13.7. The molecule has 9 heteroatoms. The summed E-state index contributed by atoms with van der Waals surface area (Å²) in [6.45, 7) is 4.17. The van der Waals surface area contributed by atoms with Gasteiger partial charge in [0.05, 0.1) is 17.3 Å². The Morgan fingerprint density at radius 1 is 1.18 bits per heavy atom. The number of nitrogens with zero attached hydrogens (tertiary/aromatic N) is 5. The van der Waals surface area contributed by atoms with Crippen molar-refractivity contribution in [1.29, 1.82) is 5.26 Å². The summed E-state index contributed by atoms with van der Waals surface area (Å²) in [4.78, 5) is 20.0. The first kappa shape index (κ1) is 22.4. The van der Waals surface area contributed by atoms with E-state index in [1.165, 1.54) is 12.8 Å². The van der Waals surface area contributed by atoms with Crippen LogP contribution in [0, 0.1) is 18.3 Å². The Morgan fingerprint density at radius 3 is 2.61 bits per heavy atom. The van der Waals surface area contributed by atoms with E-state index >= 15 is 0 Å². The molecule has 0 unspecified atom stereocenters. The maximum absolute atomic E-state index is 11.4. The summed E-state index contributed by atoms with van der Waals surface area (Å²) in [5.41, 5.74) is 8.55. The van der Waals surface area contributed by atoms with E-state index in [1.807, 2.05) is 48.9 Å². The summed E-state index contributed by atoms with van der Waals surface area (Å²) >= 11 is 1.61. The fourth-order valence-electron chi connectivity index (χ4n) is 3.71. The highest BCUT2D eigenvalue weighted by Crippen LogP contribution is 2.33. The molecule has 5 rings (SSSR count). The number of aromatic amines is 1. The lowest BCUT2D eigenvalue weighted by Crippen LogP contribution is -2.18. The molecule has 4 aromatic rings. The molecule has 4 heterocycles. The van der Waals surface area contributed by atoms with E-state index in [1.54, 1.807) is 24.2 Å². The van der Waals surface area contributed by atoms with Crippen LogP contribution in [0.25, 0.3) is 10.9 Å². The highest BCUT2D eigenvalue weighted by atomic mass is 32.2. The average molecular weight is 460 g/mol. The normalized spacial score (nSPS) is 12.9. The molecule has 1 fully saturated rings. The van der Waals surface area contributed by atoms with Crippen LogP contribution in [-0.4, -0.2) is 38.7 Å². The Bertz CT molecular complexity index is 1310. The van der Waals surface area contributed by atoms with Crippen molar-refractivity contribution in [1.82, 2.24) is 19.7 Å². The largest absolute Gasteiger partial charge is 0.364 e. The lowest BCUT2D eigenvalue weighted by molar-refractivity contribution is 0.0992. The number of aromatic nitrogens is 4. The first-order valence-electron chi connectivity index (χ1n) is 10.6. The number of fused-ring (bicyclic) bond motifs is 1. The van der Waals surface area contributed by atoms with Gasteiger partial charge in [-0.3, -0.25) is 9.89 Å². The Labute approximate surface area is 196 Å². The SMILES string of the molecule is Cc1c(Sc2ccc3[nH]ncc3c2)cc(C(N)=O)n1C.N#Cc1ccc(N2CCCC2)nc1. The number of nitriles is 1. The maximum atomic E-state index is 11.4. The van der Waals surface area contributed by atoms with Gasteiger partial charge in [0.1, 0.15) is 17.6 Å². The monoisotopic (exact) mass is 459 g/mol. The van der Waals surface area contributed by atoms with Gasteiger partial charge in [-0.2, -0.15) is 10.4 Å². The van der Waals surface area contributed by atoms with E-state index in [0.717, 1.165) is 45.3 Å². The molecule has 1 aliphatic rings. The number of carbonyl (C=O) groups excluding carboxylic acids is 1. The van der Waals surface area contributed by atoms with Gasteiger partial charge in [0.2, 0.25) is 0 Å². The van der Waals surface area contributed by atoms with Crippen molar-refractivity contribution in [3.63, 3.8) is 0 Å². The number of pyridine rings is 1. The number of carbonyl (C=O) groups is 1. The molecule has 0 spiro atoms. The van der Waals surface area contributed by atoms with Crippen LogP contribution in [0.15, 0.2) is 58.6 Å². The van der Waals surface area contributed by atoms with Gasteiger partial charge in [0.15, 0.2) is 0 Å². The third-order valence-electron chi connectivity index (χ3n) is 5.69. The maximum Gasteiger partial charge on any atom is 0.265 e. The summed E-state index contributed by atoms with van der Waals surface area (Å²) in [7, 11) is 1.85. The molecule has 0 saturated carbocycles. The second-order valence-electron chi connectivity index (χ2n) is 7.83. The van der Waals surface area contributed by atoms with Crippen LogP contribution in [-0.2, 0) is 7.05 Å². The van der Waals surface area contributed by atoms with Crippen LogP contribution in [0.1, 0.15) is 34.6 Å². The molecule has 1 saturated heterocycles. The van der Waals surface area contributed by atoms with Crippen LogP contribution in [0.5, 0.6) is 0 Å². The third-order valence-corrected chi connectivity index (χ3v) is 6.81. The number of hydrogen-bond acceptors (Lipinski definition) is 6. The molecular formula is C24H25N7OS. The molecular weight excluding hydrogens is 434 g/mol. The first-order valence-corrected chi connectivity index (χ1v) is 11.5. The van der Waals surface area contributed by atoms with Gasteiger partial charge in [-0.1, -0.05) is 11.8 Å². The van der Waals surface area contributed by atoms with Gasteiger partial charge in [0.25, 0.3) is 5.91 Å². The van der Waals surface area contributed by atoms with Gasteiger partial charge < -0.3 is 15.2 Å². The number of nitrogens with one attached hydrogen (secondary N) is 1. The molecule has 1 aliphatic heterocycles. The molecule has 0 radical (unpaired) electrons. The molecule has 0 atom stereocenters. The van der Waals surface area contributed by atoms with Crippen LogP contribution >= 0.6 is 11.8 Å². The number of anilines is 1. The molecule has 0 aliphatic carbocycles. The first-order chi connectivity index (χ1) is 16.0. The zero-order valence-corrected chi connectivity index (χ0v) is 19.4. The van der Waals surface area contributed by atoms with Crippen molar-refractivity contribution < 1.29 is 4.79 Å². The van der Waals surface area contributed by atoms with E-state index in [-0.39, 0.29) is 0 Å². The van der Waals surface area contributed by atoms with Crippen molar-refractivity contribution in [2.75, 3.05) is 18.0 Å². The van der Waals surface area contributed by atoms with Gasteiger partial charge in [-0.25, -0.2) is 4.98 Å².